The number of aromatic nitrogens is 5. The van der Waals surface area contributed by atoms with E-state index in [1.165, 1.54) is 0 Å². The molecule has 0 aliphatic heterocycles. The molecule has 0 amide bonds. The lowest BCUT2D eigenvalue weighted by molar-refractivity contribution is 0.599. The molecule has 0 spiro atoms. The Labute approximate surface area is 158 Å². The molecule has 0 saturated carbocycles. The van der Waals surface area contributed by atoms with Crippen LogP contribution in [0.1, 0.15) is 25.6 Å². The number of imidazole rings is 2. The van der Waals surface area contributed by atoms with Crippen LogP contribution in [0.4, 0.5) is 5.82 Å². The van der Waals surface area contributed by atoms with Crippen molar-refractivity contribution in [1.82, 2.24) is 24.1 Å². The second-order valence-electron chi connectivity index (χ2n) is 6.92. The number of rotatable bonds is 5. The molecule has 6 nitrogen and oxygen atoms in total. The van der Waals surface area contributed by atoms with Gasteiger partial charge in [-0.25, -0.2) is 15.0 Å². The van der Waals surface area contributed by atoms with Gasteiger partial charge in [0.25, 0.3) is 0 Å². The first-order valence-corrected chi connectivity index (χ1v) is 8.87. The molecule has 0 fully saturated rings. The molecule has 6 heteroatoms. The molecule has 0 radical (unpaired) electrons. The number of hydrogen-bond donors (Lipinski definition) is 1. The zero-order valence-electron chi connectivity index (χ0n) is 15.7. The summed E-state index contributed by atoms with van der Waals surface area (Å²) in [7, 11) is 1.99. The number of aryl methyl sites for hydroxylation is 1. The number of nitrogens with one attached hydrogen (secondary N) is 1. The Bertz CT molecular complexity index is 1120. The summed E-state index contributed by atoms with van der Waals surface area (Å²) in [6, 6.07) is 8.71. The van der Waals surface area contributed by atoms with E-state index in [1.54, 1.807) is 6.33 Å². The van der Waals surface area contributed by atoms with Crippen LogP contribution in [0.25, 0.3) is 27.7 Å². The Morgan fingerprint density at radius 2 is 1.93 bits per heavy atom. The molecule has 0 atom stereocenters. The third-order valence-electron chi connectivity index (χ3n) is 4.62. The van der Waals surface area contributed by atoms with E-state index in [2.05, 4.69) is 63.5 Å². The number of benzene rings is 1. The Hall–Kier alpha value is -3.41. The maximum atomic E-state index is 4.50. The van der Waals surface area contributed by atoms with Crippen molar-refractivity contribution in [2.24, 2.45) is 7.05 Å². The summed E-state index contributed by atoms with van der Waals surface area (Å²) in [5.74, 6) is 0.744. The zero-order chi connectivity index (χ0) is 19.0. The smallest absolute Gasteiger partial charge is 0.130 e. The van der Waals surface area contributed by atoms with Gasteiger partial charge < -0.3 is 14.5 Å². The first-order valence-electron chi connectivity index (χ1n) is 8.87. The quantitative estimate of drug-likeness (QED) is 0.571. The normalized spacial score (nSPS) is 11.3. The van der Waals surface area contributed by atoms with Crippen LogP contribution >= 0.6 is 0 Å². The molecule has 0 aliphatic rings. The maximum absolute atomic E-state index is 4.50. The fourth-order valence-corrected chi connectivity index (χ4v) is 3.00. The standard InChI is InChI=1S/C21H22N6/c1-14(2)27-11-19(24-13-27)15(3)25-21-8-18-7-16(5-6-17(18)9-23-21)20-10-22-12-26(20)4/h5-14H,3H2,1-2,4H3,(H,23,25). The lowest BCUT2D eigenvalue weighted by Crippen LogP contribution is -2.00. The summed E-state index contributed by atoms with van der Waals surface area (Å²) >= 11 is 0. The van der Waals surface area contributed by atoms with Gasteiger partial charge in [-0.3, -0.25) is 0 Å². The van der Waals surface area contributed by atoms with E-state index >= 15 is 0 Å². The van der Waals surface area contributed by atoms with E-state index < -0.39 is 0 Å². The third kappa shape index (κ3) is 3.33. The first-order chi connectivity index (χ1) is 13.0. The minimum absolute atomic E-state index is 0.364. The molecule has 0 unspecified atom stereocenters. The van der Waals surface area contributed by atoms with E-state index in [-0.39, 0.29) is 0 Å². The van der Waals surface area contributed by atoms with Gasteiger partial charge in [0.15, 0.2) is 0 Å². The fourth-order valence-electron chi connectivity index (χ4n) is 3.00. The minimum Gasteiger partial charge on any atom is -0.339 e. The molecule has 27 heavy (non-hydrogen) atoms. The van der Waals surface area contributed by atoms with E-state index in [9.17, 15) is 0 Å². The lowest BCUT2D eigenvalue weighted by atomic mass is 10.1. The Morgan fingerprint density at radius 3 is 2.63 bits per heavy atom. The molecular weight excluding hydrogens is 336 g/mol. The Morgan fingerprint density at radius 1 is 1.07 bits per heavy atom. The summed E-state index contributed by atoms with van der Waals surface area (Å²) in [5.41, 5.74) is 3.74. The Balaban J connectivity index is 1.62. The van der Waals surface area contributed by atoms with Gasteiger partial charge in [-0.2, -0.15) is 0 Å². The summed E-state index contributed by atoms with van der Waals surface area (Å²) in [4.78, 5) is 13.1. The van der Waals surface area contributed by atoms with Crippen LogP contribution in [0.3, 0.4) is 0 Å². The molecule has 3 heterocycles. The van der Waals surface area contributed by atoms with Crippen molar-refractivity contribution < 1.29 is 0 Å². The van der Waals surface area contributed by atoms with Crippen molar-refractivity contribution in [2.75, 3.05) is 5.32 Å². The molecule has 0 aliphatic carbocycles. The topological polar surface area (TPSA) is 60.6 Å². The SMILES string of the molecule is C=C(Nc1cc2cc(-c3cncn3C)ccc2cn1)c1cn(C(C)C)cn1. The summed E-state index contributed by atoms with van der Waals surface area (Å²) < 4.78 is 4.06. The average Bonchev–Trinajstić information content (AvgIpc) is 3.30. The van der Waals surface area contributed by atoms with E-state index in [0.29, 0.717) is 6.04 Å². The lowest BCUT2D eigenvalue weighted by Gasteiger charge is -2.09. The van der Waals surface area contributed by atoms with Crippen LogP contribution in [0, 0.1) is 0 Å². The van der Waals surface area contributed by atoms with E-state index in [4.69, 9.17) is 0 Å². The molecule has 136 valence electrons. The molecule has 0 saturated heterocycles. The summed E-state index contributed by atoms with van der Waals surface area (Å²) in [5, 5.41) is 5.46. The van der Waals surface area contributed by atoms with Gasteiger partial charge in [-0.05, 0) is 31.4 Å². The van der Waals surface area contributed by atoms with Gasteiger partial charge in [0.2, 0.25) is 0 Å². The average molecular weight is 358 g/mol. The van der Waals surface area contributed by atoms with Gasteiger partial charge >= 0.3 is 0 Å². The number of hydrogen-bond acceptors (Lipinski definition) is 4. The molecular formula is C21H22N6. The van der Waals surface area contributed by atoms with Crippen LogP contribution in [-0.2, 0) is 7.05 Å². The molecule has 4 aromatic rings. The Kier molecular flexibility index (Phi) is 4.24. The summed E-state index contributed by atoms with van der Waals surface area (Å²) in [6.07, 6.45) is 9.35. The first kappa shape index (κ1) is 17.0. The third-order valence-corrected chi connectivity index (χ3v) is 4.62. The van der Waals surface area contributed by atoms with E-state index in [0.717, 1.165) is 39.2 Å². The zero-order valence-corrected chi connectivity index (χ0v) is 15.7. The van der Waals surface area contributed by atoms with Crippen molar-refractivity contribution >= 4 is 22.3 Å². The number of fused-ring (bicyclic) bond motifs is 1. The molecule has 1 N–H and O–H groups in total. The maximum Gasteiger partial charge on any atom is 0.130 e. The second-order valence-corrected chi connectivity index (χ2v) is 6.92. The van der Waals surface area contributed by atoms with Gasteiger partial charge in [-0.15, -0.1) is 0 Å². The highest BCUT2D eigenvalue weighted by atomic mass is 15.1. The molecule has 0 bridgehead atoms. The molecule has 4 rings (SSSR count). The van der Waals surface area contributed by atoms with Crippen LogP contribution in [0.5, 0.6) is 0 Å². The number of anilines is 1. The number of pyridine rings is 1. The van der Waals surface area contributed by atoms with Gasteiger partial charge in [0.1, 0.15) is 11.5 Å². The predicted molar refractivity (Wildman–Crippen MR) is 109 cm³/mol. The van der Waals surface area contributed by atoms with Crippen molar-refractivity contribution in [3.63, 3.8) is 0 Å². The van der Waals surface area contributed by atoms with E-state index in [1.807, 2.05) is 42.6 Å². The van der Waals surface area contributed by atoms with Crippen LogP contribution in [0.2, 0.25) is 0 Å². The highest BCUT2D eigenvalue weighted by molar-refractivity contribution is 5.89. The van der Waals surface area contributed by atoms with Crippen LogP contribution < -0.4 is 5.32 Å². The fraction of sp³-hybridized carbons (Fsp3) is 0.190. The molecule has 1 aromatic carbocycles. The minimum atomic E-state index is 0.364. The van der Waals surface area contributed by atoms with Crippen molar-refractivity contribution in [3.05, 3.63) is 67.8 Å². The van der Waals surface area contributed by atoms with Crippen LogP contribution in [0.15, 0.2) is 62.1 Å². The monoisotopic (exact) mass is 358 g/mol. The van der Waals surface area contributed by atoms with Crippen molar-refractivity contribution in [3.8, 4) is 11.3 Å². The number of nitrogens with zero attached hydrogens (tertiary/aromatic N) is 5. The van der Waals surface area contributed by atoms with Gasteiger partial charge in [0, 0.05) is 36.4 Å². The van der Waals surface area contributed by atoms with Gasteiger partial charge in [0.05, 0.1) is 30.2 Å². The van der Waals surface area contributed by atoms with Gasteiger partial charge in [-0.1, -0.05) is 18.7 Å². The summed E-state index contributed by atoms with van der Waals surface area (Å²) in [6.45, 7) is 8.34. The van der Waals surface area contributed by atoms with Crippen LogP contribution in [-0.4, -0.2) is 24.1 Å². The van der Waals surface area contributed by atoms with Crippen molar-refractivity contribution in [1.29, 1.82) is 0 Å². The largest absolute Gasteiger partial charge is 0.339 e. The van der Waals surface area contributed by atoms with Crippen molar-refractivity contribution in [2.45, 2.75) is 19.9 Å². The highest BCUT2D eigenvalue weighted by Gasteiger charge is 2.08. The molecule has 3 aromatic heterocycles. The second kappa shape index (κ2) is 6.72. The predicted octanol–water partition coefficient (Wildman–Crippen LogP) is 4.50. The highest BCUT2D eigenvalue weighted by Crippen LogP contribution is 2.26.